The van der Waals surface area contributed by atoms with Gasteiger partial charge in [0.25, 0.3) is 5.91 Å². The van der Waals surface area contributed by atoms with Crippen LogP contribution in [0, 0.1) is 0 Å². The van der Waals surface area contributed by atoms with E-state index in [1.165, 1.54) is 29.3 Å². The SMILES string of the molecule is CC(C)=CCC/C(C)=C/CC[C@]1(C)Oc2c(c(O)cc3c2CN(c2ccc(O)cc2)C3=O)C[C@@H]1O. The van der Waals surface area contributed by atoms with Crippen LogP contribution in [0.15, 0.2) is 53.6 Å². The van der Waals surface area contributed by atoms with Gasteiger partial charge in [-0.2, -0.15) is 0 Å². The number of rotatable bonds is 7. The standard InChI is InChI=1S/C29H35NO5/c1-18(2)7-5-8-19(3)9-6-14-29(4)26(33)16-23-25(32)15-22-24(27(23)35-29)17-30(28(22)34)20-10-12-21(31)13-11-20/h7,9-13,15,26,31-33H,5-6,8,14,16-17H2,1-4H3/b19-9+/t26-,29-/m0/s1. The molecular formula is C29H35NO5. The van der Waals surface area contributed by atoms with Gasteiger partial charge < -0.3 is 25.0 Å². The van der Waals surface area contributed by atoms with Crippen LogP contribution in [0.25, 0.3) is 0 Å². The Balaban J connectivity index is 1.55. The van der Waals surface area contributed by atoms with Gasteiger partial charge in [-0.05, 0) is 83.7 Å². The van der Waals surface area contributed by atoms with Gasteiger partial charge >= 0.3 is 0 Å². The molecule has 2 atom stereocenters. The van der Waals surface area contributed by atoms with Crippen LogP contribution in [0.5, 0.6) is 17.2 Å². The molecule has 0 saturated carbocycles. The number of aliphatic hydroxyl groups excluding tert-OH is 1. The number of phenolic OH excluding ortho intramolecular Hbond substituents is 2. The first-order chi connectivity index (χ1) is 16.6. The van der Waals surface area contributed by atoms with Crippen LogP contribution in [0.3, 0.4) is 0 Å². The van der Waals surface area contributed by atoms with Gasteiger partial charge in [-0.1, -0.05) is 23.3 Å². The van der Waals surface area contributed by atoms with Crippen LogP contribution in [0.4, 0.5) is 5.69 Å². The smallest absolute Gasteiger partial charge is 0.259 e. The summed E-state index contributed by atoms with van der Waals surface area (Å²) >= 11 is 0. The number of carbonyl (C=O) groups excluding carboxylic acids is 1. The molecule has 4 rings (SSSR count). The van der Waals surface area contributed by atoms with Crippen LogP contribution < -0.4 is 9.64 Å². The molecule has 0 spiro atoms. The second kappa shape index (κ2) is 9.78. The molecule has 0 aromatic heterocycles. The number of hydrogen-bond acceptors (Lipinski definition) is 5. The molecule has 0 bridgehead atoms. The lowest BCUT2D eigenvalue weighted by atomic mass is 9.84. The fraction of sp³-hybridized carbons (Fsp3) is 0.414. The van der Waals surface area contributed by atoms with Crippen molar-refractivity contribution in [3.8, 4) is 17.2 Å². The van der Waals surface area contributed by atoms with Gasteiger partial charge in [0, 0.05) is 23.2 Å². The van der Waals surface area contributed by atoms with Crippen molar-refractivity contribution in [2.75, 3.05) is 4.90 Å². The number of benzene rings is 2. The van der Waals surface area contributed by atoms with E-state index in [2.05, 4.69) is 32.9 Å². The molecule has 0 saturated heterocycles. The number of amides is 1. The van der Waals surface area contributed by atoms with Crippen LogP contribution in [0.1, 0.15) is 74.9 Å². The minimum absolute atomic E-state index is 0.0317. The zero-order valence-electron chi connectivity index (χ0n) is 21.0. The molecule has 0 radical (unpaired) electrons. The molecule has 2 aromatic carbocycles. The number of phenols is 2. The van der Waals surface area contributed by atoms with Crippen molar-refractivity contribution in [2.24, 2.45) is 0 Å². The maximum atomic E-state index is 13.2. The molecule has 0 aliphatic carbocycles. The average molecular weight is 478 g/mol. The van der Waals surface area contributed by atoms with Crippen molar-refractivity contribution < 1.29 is 24.9 Å². The van der Waals surface area contributed by atoms with Gasteiger partial charge in [-0.3, -0.25) is 4.79 Å². The second-order valence-corrected chi connectivity index (χ2v) is 10.2. The van der Waals surface area contributed by atoms with Gasteiger partial charge in [0.2, 0.25) is 0 Å². The fourth-order valence-electron chi connectivity index (χ4n) is 4.84. The topological polar surface area (TPSA) is 90.2 Å². The molecule has 186 valence electrons. The minimum atomic E-state index is -0.833. The molecule has 1 amide bonds. The Kier molecular flexibility index (Phi) is 6.95. The summed E-state index contributed by atoms with van der Waals surface area (Å²) in [6.45, 7) is 8.54. The summed E-state index contributed by atoms with van der Waals surface area (Å²) in [5.74, 6) is 0.375. The monoisotopic (exact) mass is 477 g/mol. The number of aliphatic hydroxyl groups is 1. The normalized spacial score (nSPS) is 21.4. The number of anilines is 1. The highest BCUT2D eigenvalue weighted by atomic mass is 16.5. The molecular weight excluding hydrogens is 442 g/mol. The van der Waals surface area contributed by atoms with Crippen molar-refractivity contribution >= 4 is 11.6 Å². The first-order valence-electron chi connectivity index (χ1n) is 12.2. The summed E-state index contributed by atoms with van der Waals surface area (Å²) in [6.07, 6.45) is 7.34. The molecule has 2 aromatic rings. The summed E-state index contributed by atoms with van der Waals surface area (Å²) in [5, 5.41) is 31.2. The Morgan fingerprint density at radius 3 is 2.51 bits per heavy atom. The van der Waals surface area contributed by atoms with Crippen LogP contribution in [-0.2, 0) is 13.0 Å². The highest BCUT2D eigenvalue weighted by molar-refractivity contribution is 6.11. The Hall–Kier alpha value is -3.25. The van der Waals surface area contributed by atoms with E-state index < -0.39 is 11.7 Å². The number of fused-ring (bicyclic) bond motifs is 3. The van der Waals surface area contributed by atoms with Crippen molar-refractivity contribution in [1.29, 1.82) is 0 Å². The lowest BCUT2D eigenvalue weighted by Crippen LogP contribution is -2.49. The Bertz CT molecular complexity index is 1180. The molecule has 0 unspecified atom stereocenters. The Morgan fingerprint density at radius 2 is 1.83 bits per heavy atom. The summed E-state index contributed by atoms with van der Waals surface area (Å²) in [5.41, 5.74) is 4.13. The number of ether oxygens (including phenoxy) is 1. The van der Waals surface area contributed by atoms with E-state index in [1.807, 2.05) is 6.92 Å². The van der Waals surface area contributed by atoms with Gasteiger partial charge in [-0.25, -0.2) is 0 Å². The lowest BCUT2D eigenvalue weighted by molar-refractivity contribution is -0.0597. The maximum Gasteiger partial charge on any atom is 0.259 e. The molecule has 6 heteroatoms. The molecule has 2 aliphatic rings. The average Bonchev–Trinajstić information content (AvgIpc) is 3.12. The Morgan fingerprint density at radius 1 is 1.11 bits per heavy atom. The largest absolute Gasteiger partial charge is 0.508 e. The van der Waals surface area contributed by atoms with Gasteiger partial charge in [0.1, 0.15) is 22.8 Å². The third kappa shape index (κ3) is 5.08. The predicted octanol–water partition coefficient (Wildman–Crippen LogP) is 5.79. The van der Waals surface area contributed by atoms with Gasteiger partial charge in [-0.15, -0.1) is 0 Å². The van der Waals surface area contributed by atoms with Crippen LogP contribution in [0.2, 0.25) is 0 Å². The van der Waals surface area contributed by atoms with E-state index in [1.54, 1.807) is 17.0 Å². The van der Waals surface area contributed by atoms with E-state index in [9.17, 15) is 20.1 Å². The quantitative estimate of drug-likeness (QED) is 0.440. The third-order valence-corrected chi connectivity index (χ3v) is 7.08. The molecule has 2 aliphatic heterocycles. The summed E-state index contributed by atoms with van der Waals surface area (Å²) < 4.78 is 6.43. The number of carbonyl (C=O) groups is 1. The van der Waals surface area contributed by atoms with E-state index in [-0.39, 0.29) is 23.8 Å². The van der Waals surface area contributed by atoms with Crippen LogP contribution >= 0.6 is 0 Å². The first kappa shape index (κ1) is 24.9. The molecule has 3 N–H and O–H groups in total. The fourth-order valence-corrected chi connectivity index (χ4v) is 4.84. The van der Waals surface area contributed by atoms with Gasteiger partial charge in [0.15, 0.2) is 0 Å². The molecule has 6 nitrogen and oxygen atoms in total. The number of hydrogen-bond donors (Lipinski definition) is 3. The van der Waals surface area contributed by atoms with Crippen LogP contribution in [-0.4, -0.2) is 32.9 Å². The van der Waals surface area contributed by atoms with Crippen molar-refractivity contribution in [3.63, 3.8) is 0 Å². The van der Waals surface area contributed by atoms with E-state index in [4.69, 9.17) is 4.74 Å². The number of nitrogens with zero attached hydrogens (tertiary/aromatic N) is 1. The predicted molar refractivity (Wildman–Crippen MR) is 137 cm³/mol. The molecule has 35 heavy (non-hydrogen) atoms. The first-order valence-corrected chi connectivity index (χ1v) is 12.2. The van der Waals surface area contributed by atoms with E-state index >= 15 is 0 Å². The maximum absolute atomic E-state index is 13.2. The number of aromatic hydroxyl groups is 2. The molecule has 0 fully saturated rings. The summed E-state index contributed by atoms with van der Waals surface area (Å²) in [6, 6.07) is 7.93. The van der Waals surface area contributed by atoms with Crippen molar-refractivity contribution in [2.45, 2.75) is 78.0 Å². The van der Waals surface area contributed by atoms with Crippen molar-refractivity contribution in [1.82, 2.24) is 0 Å². The van der Waals surface area contributed by atoms with E-state index in [0.717, 1.165) is 24.8 Å². The third-order valence-electron chi connectivity index (χ3n) is 7.08. The highest BCUT2D eigenvalue weighted by Gasteiger charge is 2.44. The zero-order chi connectivity index (χ0) is 25.3. The lowest BCUT2D eigenvalue weighted by Gasteiger charge is -2.40. The summed E-state index contributed by atoms with van der Waals surface area (Å²) in [4.78, 5) is 14.8. The van der Waals surface area contributed by atoms with Crippen molar-refractivity contribution in [3.05, 3.63) is 70.3 Å². The Labute approximate surface area is 207 Å². The van der Waals surface area contributed by atoms with E-state index in [0.29, 0.717) is 35.5 Å². The second-order valence-electron chi connectivity index (χ2n) is 10.2. The number of allylic oxidation sites excluding steroid dienone is 4. The highest BCUT2D eigenvalue weighted by Crippen LogP contribution is 2.47. The molecule has 2 heterocycles. The zero-order valence-corrected chi connectivity index (χ0v) is 21.0. The minimum Gasteiger partial charge on any atom is -0.508 e. The summed E-state index contributed by atoms with van der Waals surface area (Å²) in [7, 11) is 0. The van der Waals surface area contributed by atoms with Gasteiger partial charge in [0.05, 0.1) is 18.2 Å².